The van der Waals surface area contributed by atoms with Gasteiger partial charge in [-0.15, -0.1) is 11.3 Å². The van der Waals surface area contributed by atoms with Gasteiger partial charge in [0.2, 0.25) is 0 Å². The number of anilines is 2. The molecule has 0 unspecified atom stereocenters. The number of piperazine rings is 1. The van der Waals surface area contributed by atoms with E-state index in [1.54, 1.807) is 23.1 Å². The van der Waals surface area contributed by atoms with Crippen LogP contribution in [-0.2, 0) is 14.8 Å². The smallest absolute Gasteiger partial charge is 0.410 e. The second-order valence-electron chi connectivity index (χ2n) is 11.1. The molecule has 8 nitrogen and oxygen atoms in total. The van der Waals surface area contributed by atoms with Crippen molar-refractivity contribution in [1.29, 1.82) is 0 Å². The average Bonchev–Trinajstić information content (AvgIpc) is 3.23. The number of aryl methyl sites for hydroxylation is 2. The Balaban J connectivity index is 1.46. The number of rotatable bonds is 5. The van der Waals surface area contributed by atoms with Crippen molar-refractivity contribution >= 4 is 60.6 Å². The number of fused-ring (bicyclic) bond motifs is 1. The Labute approximate surface area is 250 Å². The number of halogens is 1. The van der Waals surface area contributed by atoms with E-state index < -0.39 is 15.6 Å². The van der Waals surface area contributed by atoms with Crippen LogP contribution < -0.4 is 9.62 Å². The van der Waals surface area contributed by atoms with Crippen LogP contribution in [0.25, 0.3) is 21.3 Å². The highest BCUT2D eigenvalue weighted by atomic mass is 35.5. The molecule has 11 heteroatoms. The van der Waals surface area contributed by atoms with Crippen molar-refractivity contribution in [1.82, 2.24) is 9.88 Å². The van der Waals surface area contributed by atoms with E-state index in [0.717, 1.165) is 31.9 Å². The van der Waals surface area contributed by atoms with E-state index in [2.05, 4.69) is 21.8 Å². The molecular weight excluding hydrogens is 580 g/mol. The van der Waals surface area contributed by atoms with Gasteiger partial charge in [-0.2, -0.15) is 0 Å². The van der Waals surface area contributed by atoms with Gasteiger partial charge in [0, 0.05) is 58.4 Å². The van der Waals surface area contributed by atoms with Gasteiger partial charge in [0.05, 0.1) is 10.6 Å². The fraction of sp³-hybridized carbons (Fsp3) is 0.333. The van der Waals surface area contributed by atoms with Crippen molar-refractivity contribution in [3.8, 4) is 11.1 Å². The highest BCUT2D eigenvalue weighted by molar-refractivity contribution is 7.92. The van der Waals surface area contributed by atoms with Crippen molar-refractivity contribution in [3.05, 3.63) is 70.2 Å². The fourth-order valence-corrected chi connectivity index (χ4v) is 7.41. The molecule has 216 valence electrons. The number of nitrogens with zero attached hydrogens (tertiary/aromatic N) is 3. The zero-order valence-electron chi connectivity index (χ0n) is 23.7. The predicted octanol–water partition coefficient (Wildman–Crippen LogP) is 7.09. The maximum absolute atomic E-state index is 13.3. The van der Waals surface area contributed by atoms with E-state index in [1.165, 1.54) is 23.5 Å². The number of benzene rings is 2. The van der Waals surface area contributed by atoms with Crippen LogP contribution in [0, 0.1) is 13.8 Å². The minimum absolute atomic E-state index is 0.0913. The second-order valence-corrected chi connectivity index (χ2v) is 14.4. The van der Waals surface area contributed by atoms with E-state index in [1.807, 2.05) is 46.8 Å². The molecule has 0 spiro atoms. The van der Waals surface area contributed by atoms with Crippen LogP contribution in [0.15, 0.2) is 59.5 Å². The fourth-order valence-electron chi connectivity index (χ4n) is 4.93. The van der Waals surface area contributed by atoms with Gasteiger partial charge in [-0.25, -0.2) is 18.2 Å². The van der Waals surface area contributed by atoms with E-state index in [-0.39, 0.29) is 11.0 Å². The summed E-state index contributed by atoms with van der Waals surface area (Å²) in [5.74, 6) is 0. The molecule has 1 aliphatic heterocycles. The van der Waals surface area contributed by atoms with Crippen LogP contribution in [-0.4, -0.2) is 56.2 Å². The Bertz CT molecular complexity index is 1720. The van der Waals surface area contributed by atoms with Crippen molar-refractivity contribution in [2.24, 2.45) is 0 Å². The molecule has 1 fully saturated rings. The number of nitrogens with one attached hydrogen (secondary N) is 1. The Hall–Kier alpha value is -3.34. The first-order chi connectivity index (χ1) is 19.3. The topological polar surface area (TPSA) is 91.8 Å². The molecule has 0 atom stereocenters. The number of hydrogen-bond acceptors (Lipinski definition) is 7. The highest BCUT2D eigenvalue weighted by Gasteiger charge is 2.27. The Kier molecular flexibility index (Phi) is 7.93. The minimum atomic E-state index is -3.89. The van der Waals surface area contributed by atoms with Crippen molar-refractivity contribution in [3.63, 3.8) is 0 Å². The van der Waals surface area contributed by atoms with Crippen molar-refractivity contribution in [2.45, 2.75) is 45.1 Å². The molecular formula is C30H33ClN4O4S2. The molecule has 0 radical (unpaired) electrons. The number of hydrogen-bond donors (Lipinski definition) is 1. The maximum atomic E-state index is 13.3. The van der Waals surface area contributed by atoms with Crippen LogP contribution in [0.4, 0.5) is 16.2 Å². The predicted molar refractivity (Wildman–Crippen MR) is 167 cm³/mol. The summed E-state index contributed by atoms with van der Waals surface area (Å²) in [6.07, 6.45) is -0.290. The van der Waals surface area contributed by atoms with Crippen LogP contribution in [0.5, 0.6) is 0 Å². The molecule has 0 aliphatic carbocycles. The van der Waals surface area contributed by atoms with E-state index in [4.69, 9.17) is 21.3 Å². The number of ether oxygens (including phenoxy) is 1. The molecule has 41 heavy (non-hydrogen) atoms. The summed E-state index contributed by atoms with van der Waals surface area (Å²) in [5.41, 5.74) is 3.60. The number of sulfonamides is 1. The number of pyridine rings is 1. The molecule has 4 aromatic rings. The lowest BCUT2D eigenvalue weighted by Crippen LogP contribution is -2.50. The average molecular weight is 613 g/mol. The SMILES string of the molecule is Cc1cc(NS(=O)(=O)c2cccc(Cl)c2)c2c(-c3cccc(N4CCN(C(=O)OC(C)(C)C)CC4)c3)c(C)sc2n1. The van der Waals surface area contributed by atoms with Gasteiger partial charge >= 0.3 is 6.09 Å². The van der Waals surface area contributed by atoms with Crippen LogP contribution in [0.1, 0.15) is 31.3 Å². The van der Waals surface area contributed by atoms with Crippen LogP contribution >= 0.6 is 22.9 Å². The van der Waals surface area contributed by atoms with Gasteiger partial charge in [-0.1, -0.05) is 29.8 Å². The summed E-state index contributed by atoms with van der Waals surface area (Å²) in [6.45, 7) is 12.0. The molecule has 2 aromatic heterocycles. The summed E-state index contributed by atoms with van der Waals surface area (Å²) in [7, 11) is -3.89. The Morgan fingerprint density at radius 1 is 1.02 bits per heavy atom. The van der Waals surface area contributed by atoms with Gasteiger partial charge in [0.1, 0.15) is 10.4 Å². The number of amides is 1. The zero-order chi connectivity index (χ0) is 29.5. The third-order valence-corrected chi connectivity index (χ3v) is 9.35. The summed E-state index contributed by atoms with van der Waals surface area (Å²) in [5, 5.41) is 1.11. The summed E-state index contributed by atoms with van der Waals surface area (Å²) in [6, 6.07) is 16.2. The number of carbonyl (C=O) groups is 1. The largest absolute Gasteiger partial charge is 0.444 e. The van der Waals surface area contributed by atoms with Gasteiger partial charge in [0.15, 0.2) is 0 Å². The van der Waals surface area contributed by atoms with Gasteiger partial charge in [-0.05, 0) is 76.6 Å². The van der Waals surface area contributed by atoms with Gasteiger partial charge < -0.3 is 14.5 Å². The molecule has 1 aliphatic rings. The van der Waals surface area contributed by atoms with Crippen molar-refractivity contribution in [2.75, 3.05) is 35.8 Å². The Morgan fingerprint density at radius 3 is 2.41 bits per heavy atom. The van der Waals surface area contributed by atoms with E-state index in [9.17, 15) is 13.2 Å². The monoisotopic (exact) mass is 612 g/mol. The first-order valence-electron chi connectivity index (χ1n) is 13.3. The van der Waals surface area contributed by atoms with Crippen LogP contribution in [0.2, 0.25) is 5.02 Å². The third kappa shape index (κ3) is 6.45. The van der Waals surface area contributed by atoms with Gasteiger partial charge in [0.25, 0.3) is 10.0 Å². The molecule has 1 saturated heterocycles. The van der Waals surface area contributed by atoms with E-state index in [0.29, 0.717) is 42.6 Å². The molecule has 1 amide bonds. The highest BCUT2D eigenvalue weighted by Crippen LogP contribution is 2.43. The lowest BCUT2D eigenvalue weighted by molar-refractivity contribution is 0.0240. The number of thiophene rings is 1. The molecule has 2 aromatic carbocycles. The first kappa shape index (κ1) is 29.2. The first-order valence-corrected chi connectivity index (χ1v) is 16.0. The number of aromatic nitrogens is 1. The van der Waals surface area contributed by atoms with Gasteiger partial charge in [-0.3, -0.25) is 4.72 Å². The van der Waals surface area contributed by atoms with E-state index >= 15 is 0 Å². The lowest BCUT2D eigenvalue weighted by atomic mass is 10.0. The quantitative estimate of drug-likeness (QED) is 0.259. The maximum Gasteiger partial charge on any atom is 0.410 e. The number of carbonyl (C=O) groups excluding carboxylic acids is 1. The standard InChI is InChI=1S/C30H33ClN4O4S2/c1-19-16-25(33-41(37,38)24-11-7-9-22(31)18-24)27-26(20(2)40-28(27)32-19)21-8-6-10-23(17-21)34-12-14-35(15-13-34)29(36)39-30(3,4)5/h6-11,16-18H,12-15H2,1-5H3,(H,32,33). The normalized spacial score (nSPS) is 14.4. The second kappa shape index (κ2) is 11.2. The Morgan fingerprint density at radius 2 is 1.73 bits per heavy atom. The molecule has 5 rings (SSSR count). The molecule has 1 N–H and O–H groups in total. The van der Waals surface area contributed by atoms with Crippen molar-refractivity contribution < 1.29 is 17.9 Å². The molecule has 0 bridgehead atoms. The molecule has 0 saturated carbocycles. The summed E-state index contributed by atoms with van der Waals surface area (Å²) in [4.78, 5) is 23.1. The summed E-state index contributed by atoms with van der Waals surface area (Å²) < 4.78 is 35.0. The zero-order valence-corrected chi connectivity index (χ0v) is 26.1. The summed E-state index contributed by atoms with van der Waals surface area (Å²) >= 11 is 7.62. The third-order valence-electron chi connectivity index (χ3n) is 6.75. The van der Waals surface area contributed by atoms with Crippen LogP contribution in [0.3, 0.4) is 0 Å². The molecule has 3 heterocycles. The lowest BCUT2D eigenvalue weighted by Gasteiger charge is -2.36. The minimum Gasteiger partial charge on any atom is -0.444 e.